The topological polar surface area (TPSA) is 83.8 Å². The van der Waals surface area contributed by atoms with Gasteiger partial charge in [0, 0.05) is 43.2 Å². The molecule has 4 atom stereocenters. The standard InChI is InChI=1S/C35H39F2N5O3/c1-3-25-28(36)6-5-23-10-24(43)11-26(29(23)25)31-30(37)32-27(13-38-31)33(41-15-21-9-22(16-41)18-44-17-21)40-34(39-32)45-19-35-7-4-8-42(35)14-20(2)12-35/h5-6,10-11,13,20-22,43H,3-4,7-9,12,14-19H2,1-2H3/t20-,21?,22?,35+/m1/s1. The molecule has 8 rings (SSSR count). The van der Waals surface area contributed by atoms with Crippen molar-refractivity contribution in [2.75, 3.05) is 50.9 Å². The van der Waals surface area contributed by atoms with Crippen LogP contribution >= 0.6 is 0 Å². The molecule has 10 heteroatoms. The van der Waals surface area contributed by atoms with Crippen LogP contribution in [0.3, 0.4) is 0 Å². The number of aromatic nitrogens is 3. The van der Waals surface area contributed by atoms with Gasteiger partial charge in [-0.1, -0.05) is 19.9 Å². The first-order valence-corrected chi connectivity index (χ1v) is 16.3. The summed E-state index contributed by atoms with van der Waals surface area (Å²) in [5.74, 6) is 0.888. The normalized spacial score (nSPS) is 26.6. The Morgan fingerprint density at radius 1 is 1.11 bits per heavy atom. The summed E-state index contributed by atoms with van der Waals surface area (Å²) in [6.07, 6.45) is 6.39. The third-order valence-electron chi connectivity index (χ3n) is 10.5. The van der Waals surface area contributed by atoms with E-state index in [1.807, 2.05) is 6.92 Å². The molecular formula is C35H39F2N5O3. The lowest BCUT2D eigenvalue weighted by Gasteiger charge is -2.42. The second kappa shape index (κ2) is 11.0. The summed E-state index contributed by atoms with van der Waals surface area (Å²) in [6, 6.07) is 6.16. The summed E-state index contributed by atoms with van der Waals surface area (Å²) in [5, 5.41) is 12.3. The van der Waals surface area contributed by atoms with Crippen LogP contribution in [0.2, 0.25) is 0 Å². The van der Waals surface area contributed by atoms with Crippen molar-refractivity contribution in [2.45, 2.75) is 51.5 Å². The lowest BCUT2D eigenvalue weighted by Crippen LogP contribution is -2.47. The quantitative estimate of drug-likeness (QED) is 0.278. The predicted octanol–water partition coefficient (Wildman–Crippen LogP) is 6.12. The van der Waals surface area contributed by atoms with E-state index in [0.717, 1.165) is 51.9 Å². The molecule has 0 aliphatic carbocycles. The Balaban J connectivity index is 1.27. The van der Waals surface area contributed by atoms with Crippen LogP contribution in [0.5, 0.6) is 11.8 Å². The van der Waals surface area contributed by atoms with Crippen molar-refractivity contribution in [3.63, 3.8) is 0 Å². The molecule has 0 amide bonds. The number of rotatable bonds is 6. The van der Waals surface area contributed by atoms with E-state index in [-0.39, 0.29) is 34.3 Å². The third-order valence-corrected chi connectivity index (χ3v) is 10.5. The minimum Gasteiger partial charge on any atom is -0.508 e. The largest absolute Gasteiger partial charge is 0.508 e. The number of nitrogens with zero attached hydrogens (tertiary/aromatic N) is 5. The van der Waals surface area contributed by atoms with Crippen LogP contribution in [-0.4, -0.2) is 76.5 Å². The van der Waals surface area contributed by atoms with E-state index >= 15 is 4.39 Å². The maximum absolute atomic E-state index is 16.9. The second-order valence-electron chi connectivity index (χ2n) is 13.8. The molecule has 6 heterocycles. The first-order valence-electron chi connectivity index (χ1n) is 16.3. The van der Waals surface area contributed by atoms with Crippen LogP contribution in [0, 0.1) is 29.4 Å². The molecule has 8 nitrogen and oxygen atoms in total. The maximum atomic E-state index is 16.9. The fourth-order valence-corrected chi connectivity index (χ4v) is 8.70. The smallest absolute Gasteiger partial charge is 0.319 e. The van der Waals surface area contributed by atoms with Gasteiger partial charge >= 0.3 is 6.01 Å². The lowest BCUT2D eigenvalue weighted by molar-refractivity contribution is 0.00611. The Morgan fingerprint density at radius 2 is 1.93 bits per heavy atom. The van der Waals surface area contributed by atoms with Gasteiger partial charge in [0.25, 0.3) is 0 Å². The average Bonchev–Trinajstić information content (AvgIpc) is 3.55. The van der Waals surface area contributed by atoms with Gasteiger partial charge in [0.1, 0.15) is 35.2 Å². The maximum Gasteiger partial charge on any atom is 0.319 e. The van der Waals surface area contributed by atoms with E-state index < -0.39 is 5.82 Å². The van der Waals surface area contributed by atoms with Crippen LogP contribution in [0.1, 0.15) is 45.1 Å². The molecular weight excluding hydrogens is 576 g/mol. The molecule has 2 unspecified atom stereocenters. The van der Waals surface area contributed by atoms with Crippen LogP contribution in [0.15, 0.2) is 30.5 Å². The van der Waals surface area contributed by atoms with Gasteiger partial charge in [-0.3, -0.25) is 9.88 Å². The summed E-state index contributed by atoms with van der Waals surface area (Å²) < 4.78 is 44.1. The molecule has 236 valence electrons. The van der Waals surface area contributed by atoms with Gasteiger partial charge in [-0.05, 0) is 79.1 Å². The summed E-state index contributed by atoms with van der Waals surface area (Å²) >= 11 is 0. The van der Waals surface area contributed by atoms with Crippen molar-refractivity contribution in [3.05, 3.63) is 47.7 Å². The zero-order valence-electron chi connectivity index (χ0n) is 25.9. The van der Waals surface area contributed by atoms with Crippen LogP contribution in [-0.2, 0) is 11.2 Å². The predicted molar refractivity (Wildman–Crippen MR) is 169 cm³/mol. The van der Waals surface area contributed by atoms with Gasteiger partial charge in [-0.2, -0.15) is 9.97 Å². The molecule has 45 heavy (non-hydrogen) atoms. The van der Waals surface area contributed by atoms with Crippen molar-refractivity contribution < 1.29 is 23.4 Å². The third kappa shape index (κ3) is 4.88. The van der Waals surface area contributed by atoms with E-state index in [0.29, 0.717) is 77.1 Å². The minimum absolute atomic E-state index is 0.00777. The van der Waals surface area contributed by atoms with E-state index in [1.165, 1.54) is 12.1 Å². The van der Waals surface area contributed by atoms with Gasteiger partial charge in [0.15, 0.2) is 5.82 Å². The highest BCUT2D eigenvalue weighted by molar-refractivity contribution is 6.01. The number of aryl methyl sites for hydroxylation is 1. The molecule has 0 saturated carbocycles. The van der Waals surface area contributed by atoms with E-state index in [2.05, 4.69) is 26.7 Å². The average molecular weight is 616 g/mol. The SMILES string of the molecule is CCc1c(F)ccc2cc(O)cc(-c3ncc4c(N5CC6COCC(C6)C5)nc(OC[C@@]56CCCN5C[C@H](C)C6)nc4c3F)c12. The van der Waals surface area contributed by atoms with Crippen molar-refractivity contribution in [2.24, 2.45) is 17.8 Å². The number of aromatic hydroxyl groups is 1. The molecule has 0 spiro atoms. The summed E-state index contributed by atoms with van der Waals surface area (Å²) in [4.78, 5) is 19.0. The molecule has 1 N–H and O–H groups in total. The molecule has 2 aromatic heterocycles. The van der Waals surface area contributed by atoms with E-state index in [4.69, 9.17) is 14.5 Å². The minimum atomic E-state index is -0.644. The Labute approximate surface area is 261 Å². The molecule has 4 aliphatic rings. The first-order chi connectivity index (χ1) is 21.8. The van der Waals surface area contributed by atoms with Crippen LogP contribution in [0.25, 0.3) is 32.9 Å². The Kier molecular flexibility index (Phi) is 7.05. The number of hydrogen-bond acceptors (Lipinski definition) is 8. The number of benzene rings is 2. The van der Waals surface area contributed by atoms with E-state index in [1.54, 1.807) is 18.3 Å². The number of halogens is 2. The van der Waals surface area contributed by atoms with Gasteiger partial charge in [0.2, 0.25) is 0 Å². The van der Waals surface area contributed by atoms with Crippen LogP contribution < -0.4 is 9.64 Å². The Bertz CT molecular complexity index is 1790. The number of phenols is 1. The fourth-order valence-electron chi connectivity index (χ4n) is 8.70. The number of fused-ring (bicyclic) bond motifs is 5. The van der Waals surface area contributed by atoms with Crippen molar-refractivity contribution in [1.29, 1.82) is 0 Å². The second-order valence-corrected chi connectivity index (χ2v) is 13.8. The highest BCUT2D eigenvalue weighted by atomic mass is 19.1. The summed E-state index contributed by atoms with van der Waals surface area (Å²) in [6.45, 7) is 9.63. The zero-order chi connectivity index (χ0) is 30.9. The molecule has 2 bridgehead atoms. The Morgan fingerprint density at radius 3 is 2.73 bits per heavy atom. The number of ether oxygens (including phenoxy) is 2. The molecule has 0 radical (unpaired) electrons. The summed E-state index contributed by atoms with van der Waals surface area (Å²) in [7, 11) is 0. The zero-order valence-corrected chi connectivity index (χ0v) is 25.9. The lowest BCUT2D eigenvalue weighted by atomic mass is 9.88. The first kappa shape index (κ1) is 28.8. The fraction of sp³-hybridized carbons (Fsp3) is 0.514. The van der Waals surface area contributed by atoms with Gasteiger partial charge in [-0.15, -0.1) is 0 Å². The van der Waals surface area contributed by atoms with E-state index in [9.17, 15) is 9.50 Å². The van der Waals surface area contributed by atoms with Gasteiger partial charge in [-0.25, -0.2) is 8.78 Å². The van der Waals surface area contributed by atoms with Crippen molar-refractivity contribution in [3.8, 4) is 23.0 Å². The number of piperidine rings is 1. The number of anilines is 1. The summed E-state index contributed by atoms with van der Waals surface area (Å²) in [5.41, 5.74) is 0.852. The van der Waals surface area contributed by atoms with Crippen LogP contribution in [0.4, 0.5) is 14.6 Å². The number of phenolic OH excluding ortho intramolecular Hbond substituents is 1. The van der Waals surface area contributed by atoms with Crippen molar-refractivity contribution >= 4 is 27.5 Å². The van der Waals surface area contributed by atoms with Gasteiger partial charge < -0.3 is 19.5 Å². The molecule has 2 aromatic carbocycles. The molecule has 4 aliphatic heterocycles. The molecule has 4 aromatic rings. The number of pyridine rings is 1. The molecule has 4 fully saturated rings. The van der Waals surface area contributed by atoms with Crippen molar-refractivity contribution in [1.82, 2.24) is 19.9 Å². The molecule has 4 saturated heterocycles. The number of hydrogen-bond donors (Lipinski definition) is 1. The Hall–Kier alpha value is -3.63. The highest BCUT2D eigenvalue weighted by Crippen LogP contribution is 2.43. The van der Waals surface area contributed by atoms with Gasteiger partial charge in [0.05, 0.1) is 24.1 Å². The monoisotopic (exact) mass is 615 g/mol. The highest BCUT2D eigenvalue weighted by Gasteiger charge is 2.48.